The van der Waals surface area contributed by atoms with Crippen molar-refractivity contribution in [2.45, 2.75) is 37.8 Å². The minimum Gasteiger partial charge on any atom is -0.375 e. The molecule has 2 rings (SSSR count). The first kappa shape index (κ1) is 14.3. The van der Waals surface area contributed by atoms with Crippen molar-refractivity contribution < 1.29 is 4.74 Å². The first-order valence-corrected chi connectivity index (χ1v) is 7.49. The number of likely N-dealkylation sites (N-methyl/N-ethyl adjacent to an activating group) is 2. The molecule has 0 spiro atoms. The summed E-state index contributed by atoms with van der Waals surface area (Å²) in [5.41, 5.74) is 0. The highest BCUT2D eigenvalue weighted by Crippen LogP contribution is 2.20. The Kier molecular flexibility index (Phi) is 5.89. The van der Waals surface area contributed by atoms with E-state index in [2.05, 4.69) is 29.2 Å². The number of nitrogens with zero attached hydrogens (tertiary/aromatic N) is 2. The average molecular weight is 255 g/mol. The fourth-order valence-electron chi connectivity index (χ4n) is 3.03. The summed E-state index contributed by atoms with van der Waals surface area (Å²) in [4.78, 5) is 4.92. The van der Waals surface area contributed by atoms with Crippen molar-refractivity contribution in [3.63, 3.8) is 0 Å². The van der Waals surface area contributed by atoms with Crippen LogP contribution in [-0.4, -0.2) is 75.4 Å². The van der Waals surface area contributed by atoms with Crippen LogP contribution in [0.15, 0.2) is 0 Å². The topological polar surface area (TPSA) is 27.7 Å². The highest BCUT2D eigenvalue weighted by atomic mass is 16.5. The van der Waals surface area contributed by atoms with Crippen LogP contribution in [0.4, 0.5) is 0 Å². The molecule has 1 aliphatic heterocycles. The second-order valence-electron chi connectivity index (χ2n) is 5.73. The molecule has 1 N–H and O–H groups in total. The fourth-order valence-corrected chi connectivity index (χ4v) is 3.03. The molecule has 2 atom stereocenters. The van der Waals surface area contributed by atoms with Gasteiger partial charge in [0.2, 0.25) is 0 Å². The molecule has 4 nitrogen and oxygen atoms in total. The quantitative estimate of drug-likeness (QED) is 0.786. The molecule has 106 valence electrons. The van der Waals surface area contributed by atoms with Gasteiger partial charge in [0.25, 0.3) is 0 Å². The van der Waals surface area contributed by atoms with Crippen molar-refractivity contribution in [3.05, 3.63) is 0 Å². The minimum absolute atomic E-state index is 0.441. The molecule has 0 amide bonds. The third-order valence-electron chi connectivity index (χ3n) is 4.41. The van der Waals surface area contributed by atoms with E-state index in [4.69, 9.17) is 4.74 Å². The number of piperazine rings is 1. The van der Waals surface area contributed by atoms with Gasteiger partial charge < -0.3 is 15.0 Å². The molecular formula is C14H29N3O. The summed E-state index contributed by atoms with van der Waals surface area (Å²) < 4.78 is 6.10. The summed E-state index contributed by atoms with van der Waals surface area (Å²) >= 11 is 0. The largest absolute Gasteiger partial charge is 0.375 e. The van der Waals surface area contributed by atoms with Gasteiger partial charge in [-0.25, -0.2) is 0 Å². The third kappa shape index (κ3) is 4.19. The van der Waals surface area contributed by atoms with E-state index in [9.17, 15) is 0 Å². The molecule has 2 fully saturated rings. The SMILES string of the molecule is CNC1CCCCC1OCCN1CCN(C)CC1. The Balaban J connectivity index is 1.62. The lowest BCUT2D eigenvalue weighted by Gasteiger charge is -2.34. The summed E-state index contributed by atoms with van der Waals surface area (Å²) in [5.74, 6) is 0. The maximum absolute atomic E-state index is 6.10. The van der Waals surface area contributed by atoms with Crippen molar-refractivity contribution in [1.29, 1.82) is 0 Å². The van der Waals surface area contributed by atoms with E-state index in [-0.39, 0.29) is 0 Å². The molecule has 1 saturated heterocycles. The zero-order chi connectivity index (χ0) is 12.8. The number of hydrogen-bond donors (Lipinski definition) is 1. The second-order valence-corrected chi connectivity index (χ2v) is 5.73. The molecule has 0 aromatic heterocycles. The van der Waals surface area contributed by atoms with Crippen LogP contribution in [0.3, 0.4) is 0 Å². The predicted octanol–water partition coefficient (Wildman–Crippen LogP) is 0.781. The van der Waals surface area contributed by atoms with Crippen LogP contribution in [0, 0.1) is 0 Å². The van der Waals surface area contributed by atoms with E-state index in [0.29, 0.717) is 12.1 Å². The zero-order valence-electron chi connectivity index (χ0n) is 12.0. The molecule has 2 unspecified atom stereocenters. The van der Waals surface area contributed by atoms with Gasteiger partial charge in [-0.1, -0.05) is 12.8 Å². The maximum Gasteiger partial charge on any atom is 0.0728 e. The monoisotopic (exact) mass is 255 g/mol. The van der Waals surface area contributed by atoms with Crippen molar-refractivity contribution in [3.8, 4) is 0 Å². The van der Waals surface area contributed by atoms with E-state index in [0.717, 1.165) is 13.2 Å². The lowest BCUT2D eigenvalue weighted by atomic mass is 9.92. The van der Waals surface area contributed by atoms with Gasteiger partial charge in [-0.15, -0.1) is 0 Å². The standard InChI is InChI=1S/C14H29N3O/c1-15-13-5-3-4-6-14(13)18-12-11-17-9-7-16(2)8-10-17/h13-15H,3-12H2,1-2H3. The van der Waals surface area contributed by atoms with E-state index in [1.165, 1.54) is 51.9 Å². The van der Waals surface area contributed by atoms with E-state index in [1.54, 1.807) is 0 Å². The minimum atomic E-state index is 0.441. The number of hydrogen-bond acceptors (Lipinski definition) is 4. The summed E-state index contributed by atoms with van der Waals surface area (Å²) in [5, 5.41) is 3.40. The molecular weight excluding hydrogens is 226 g/mol. The maximum atomic E-state index is 6.10. The summed E-state index contributed by atoms with van der Waals surface area (Å²) in [6.45, 7) is 6.78. The lowest BCUT2D eigenvalue weighted by molar-refractivity contribution is -0.00674. The number of ether oxygens (including phenoxy) is 1. The van der Waals surface area contributed by atoms with Crippen molar-refractivity contribution in [1.82, 2.24) is 15.1 Å². The van der Waals surface area contributed by atoms with Crippen LogP contribution in [-0.2, 0) is 4.74 Å². The van der Waals surface area contributed by atoms with Gasteiger partial charge in [-0.3, -0.25) is 4.90 Å². The van der Waals surface area contributed by atoms with Gasteiger partial charge in [-0.05, 0) is 26.9 Å². The van der Waals surface area contributed by atoms with E-state index < -0.39 is 0 Å². The Hall–Kier alpha value is -0.160. The first-order valence-electron chi connectivity index (χ1n) is 7.49. The van der Waals surface area contributed by atoms with Gasteiger partial charge in [0.15, 0.2) is 0 Å². The van der Waals surface area contributed by atoms with Crippen LogP contribution >= 0.6 is 0 Å². The van der Waals surface area contributed by atoms with E-state index in [1.807, 2.05) is 0 Å². The Labute approximate surface area is 112 Å². The lowest BCUT2D eigenvalue weighted by Crippen LogP contribution is -2.47. The first-order chi connectivity index (χ1) is 8.79. The molecule has 1 heterocycles. The van der Waals surface area contributed by atoms with Gasteiger partial charge in [0.1, 0.15) is 0 Å². The van der Waals surface area contributed by atoms with Crippen molar-refractivity contribution in [2.75, 3.05) is 53.4 Å². The summed E-state index contributed by atoms with van der Waals surface area (Å²) in [7, 11) is 4.26. The van der Waals surface area contributed by atoms with Crippen LogP contribution < -0.4 is 5.32 Å². The van der Waals surface area contributed by atoms with Gasteiger partial charge in [-0.2, -0.15) is 0 Å². The Bertz CT molecular complexity index is 229. The number of nitrogens with one attached hydrogen (secondary N) is 1. The molecule has 1 aliphatic carbocycles. The Morgan fingerprint density at radius 1 is 1.11 bits per heavy atom. The molecule has 1 saturated carbocycles. The van der Waals surface area contributed by atoms with Crippen LogP contribution in [0.5, 0.6) is 0 Å². The summed E-state index contributed by atoms with van der Waals surface area (Å²) in [6, 6.07) is 0.575. The zero-order valence-corrected chi connectivity index (χ0v) is 12.0. The van der Waals surface area contributed by atoms with Gasteiger partial charge in [0.05, 0.1) is 12.7 Å². The van der Waals surface area contributed by atoms with Crippen molar-refractivity contribution in [2.24, 2.45) is 0 Å². The van der Waals surface area contributed by atoms with Gasteiger partial charge >= 0.3 is 0 Å². The summed E-state index contributed by atoms with van der Waals surface area (Å²) in [6.07, 6.45) is 5.63. The smallest absolute Gasteiger partial charge is 0.0728 e. The average Bonchev–Trinajstić information content (AvgIpc) is 2.41. The molecule has 0 radical (unpaired) electrons. The van der Waals surface area contributed by atoms with Crippen LogP contribution in [0.1, 0.15) is 25.7 Å². The highest BCUT2D eigenvalue weighted by molar-refractivity contribution is 4.80. The Morgan fingerprint density at radius 3 is 2.56 bits per heavy atom. The number of rotatable bonds is 5. The van der Waals surface area contributed by atoms with E-state index >= 15 is 0 Å². The normalized spacial score (nSPS) is 31.7. The second kappa shape index (κ2) is 7.43. The third-order valence-corrected chi connectivity index (χ3v) is 4.41. The molecule has 0 bridgehead atoms. The van der Waals surface area contributed by atoms with Crippen LogP contribution in [0.2, 0.25) is 0 Å². The van der Waals surface area contributed by atoms with Gasteiger partial charge in [0, 0.05) is 38.8 Å². The predicted molar refractivity (Wildman–Crippen MR) is 75.0 cm³/mol. The molecule has 2 aliphatic rings. The highest BCUT2D eigenvalue weighted by Gasteiger charge is 2.24. The molecule has 4 heteroatoms. The molecule has 0 aromatic carbocycles. The van der Waals surface area contributed by atoms with Crippen LogP contribution in [0.25, 0.3) is 0 Å². The molecule has 18 heavy (non-hydrogen) atoms. The molecule has 0 aromatic rings. The van der Waals surface area contributed by atoms with Crippen molar-refractivity contribution >= 4 is 0 Å². The Morgan fingerprint density at radius 2 is 1.83 bits per heavy atom. The fraction of sp³-hybridized carbons (Fsp3) is 1.00.